The van der Waals surface area contributed by atoms with Gasteiger partial charge in [0.05, 0.1) is 17.0 Å². The van der Waals surface area contributed by atoms with Gasteiger partial charge in [0, 0.05) is 26.4 Å². The van der Waals surface area contributed by atoms with Crippen LogP contribution in [0.15, 0.2) is 56.9 Å². The summed E-state index contributed by atoms with van der Waals surface area (Å²) in [5.41, 5.74) is 3.69. The van der Waals surface area contributed by atoms with E-state index in [0.717, 1.165) is 48.6 Å². The lowest BCUT2D eigenvalue weighted by molar-refractivity contribution is 0.393. The Morgan fingerprint density at radius 1 is 1.12 bits per heavy atom. The van der Waals surface area contributed by atoms with Gasteiger partial charge in [-0.2, -0.15) is 0 Å². The number of nitrogens with zero attached hydrogens (tertiary/aromatic N) is 2. The molecule has 0 aliphatic rings. The second kappa shape index (κ2) is 6.00. The van der Waals surface area contributed by atoms with Gasteiger partial charge < -0.3 is 9.51 Å². The number of halogens is 1. The molecule has 3 aromatic heterocycles. The number of hydrogen-bond acceptors (Lipinski definition) is 4. The molecule has 0 atom stereocenters. The molecule has 0 spiro atoms. The fourth-order valence-electron chi connectivity index (χ4n) is 2.74. The van der Waals surface area contributed by atoms with Crippen molar-refractivity contribution in [3.8, 4) is 11.3 Å². The number of pyridine rings is 1. The number of H-pyrrole nitrogens is 1. The van der Waals surface area contributed by atoms with Crippen molar-refractivity contribution >= 4 is 34.4 Å². The van der Waals surface area contributed by atoms with Crippen LogP contribution in [0.1, 0.15) is 11.5 Å². The molecule has 120 valence electrons. The largest absolute Gasteiger partial charge is 0.361 e. The molecule has 0 saturated carbocycles. The molecule has 4 aromatic rings. The first-order valence-electron chi connectivity index (χ1n) is 7.47. The lowest BCUT2D eigenvalue weighted by atomic mass is 10.1. The van der Waals surface area contributed by atoms with Crippen LogP contribution in [0.3, 0.4) is 0 Å². The Hall–Kier alpha value is -2.24. The number of nitrogens with one attached hydrogen (secondary N) is 1. The maximum atomic E-state index is 6.00. The third-order valence-corrected chi connectivity index (χ3v) is 5.23. The minimum absolute atomic E-state index is 0.728. The van der Waals surface area contributed by atoms with Crippen LogP contribution >= 0.6 is 23.4 Å². The molecule has 0 fully saturated rings. The van der Waals surface area contributed by atoms with Gasteiger partial charge in [0.2, 0.25) is 0 Å². The lowest BCUT2D eigenvalue weighted by Gasteiger charge is -2.05. The molecule has 0 amide bonds. The highest BCUT2D eigenvalue weighted by molar-refractivity contribution is 7.99. The molecule has 1 aromatic carbocycles. The van der Waals surface area contributed by atoms with Crippen molar-refractivity contribution in [1.29, 1.82) is 0 Å². The summed E-state index contributed by atoms with van der Waals surface area (Å²) >= 11 is 7.67. The molecular formula is C18H14ClN3OS. The molecule has 1 N–H and O–H groups in total. The maximum Gasteiger partial charge on any atom is 0.143 e. The monoisotopic (exact) mass is 355 g/mol. The van der Waals surface area contributed by atoms with Crippen LogP contribution in [-0.2, 0) is 0 Å². The summed E-state index contributed by atoms with van der Waals surface area (Å²) in [5.74, 6) is 0.789. The third kappa shape index (κ3) is 2.60. The van der Waals surface area contributed by atoms with Crippen LogP contribution in [0.25, 0.3) is 22.3 Å². The summed E-state index contributed by atoms with van der Waals surface area (Å²) in [5, 5.41) is 5.88. The van der Waals surface area contributed by atoms with Gasteiger partial charge in [0.15, 0.2) is 0 Å². The van der Waals surface area contributed by atoms with E-state index >= 15 is 0 Å². The van der Waals surface area contributed by atoms with E-state index in [1.807, 2.05) is 44.2 Å². The minimum Gasteiger partial charge on any atom is -0.361 e. The van der Waals surface area contributed by atoms with Gasteiger partial charge in [-0.25, -0.2) is 4.98 Å². The molecule has 24 heavy (non-hydrogen) atoms. The average Bonchev–Trinajstić information content (AvgIpc) is 3.10. The van der Waals surface area contributed by atoms with Crippen molar-refractivity contribution < 1.29 is 4.52 Å². The van der Waals surface area contributed by atoms with Gasteiger partial charge in [0.1, 0.15) is 11.4 Å². The van der Waals surface area contributed by atoms with Crippen LogP contribution in [0.4, 0.5) is 0 Å². The SMILES string of the molecule is Cc1noc(C)c1-c1[nH]c2ncccc2c1Sc1ccc(Cl)cc1. The van der Waals surface area contributed by atoms with Crippen LogP contribution in [0.5, 0.6) is 0 Å². The second-order valence-electron chi connectivity index (χ2n) is 5.48. The zero-order valence-electron chi connectivity index (χ0n) is 13.1. The smallest absolute Gasteiger partial charge is 0.143 e. The molecule has 3 heterocycles. The zero-order chi connectivity index (χ0) is 16.7. The Kier molecular flexibility index (Phi) is 3.82. The van der Waals surface area contributed by atoms with E-state index in [1.54, 1.807) is 18.0 Å². The van der Waals surface area contributed by atoms with Crippen molar-refractivity contribution in [1.82, 2.24) is 15.1 Å². The summed E-state index contributed by atoms with van der Waals surface area (Å²) < 4.78 is 5.35. The van der Waals surface area contributed by atoms with Crippen molar-refractivity contribution in [2.75, 3.05) is 0 Å². The van der Waals surface area contributed by atoms with Gasteiger partial charge >= 0.3 is 0 Å². The molecule has 4 nitrogen and oxygen atoms in total. The van der Waals surface area contributed by atoms with Gasteiger partial charge in [-0.3, -0.25) is 0 Å². The summed E-state index contributed by atoms with van der Waals surface area (Å²) in [6.07, 6.45) is 1.78. The standard InChI is InChI=1S/C18H14ClN3OS/c1-10-15(11(2)23-22-10)16-17(14-4-3-9-20-18(14)21-16)24-13-7-5-12(19)6-8-13/h3-9H,1-2H3,(H,20,21). The van der Waals surface area contributed by atoms with Gasteiger partial charge in [-0.1, -0.05) is 28.5 Å². The highest BCUT2D eigenvalue weighted by atomic mass is 35.5. The van der Waals surface area contributed by atoms with Crippen molar-refractivity contribution in [2.45, 2.75) is 23.6 Å². The number of fused-ring (bicyclic) bond motifs is 1. The number of aryl methyl sites for hydroxylation is 2. The van der Waals surface area contributed by atoms with E-state index in [-0.39, 0.29) is 0 Å². The normalized spacial score (nSPS) is 11.3. The Bertz CT molecular complexity index is 1000. The Morgan fingerprint density at radius 3 is 2.62 bits per heavy atom. The van der Waals surface area contributed by atoms with Crippen molar-refractivity contribution in [3.63, 3.8) is 0 Å². The van der Waals surface area contributed by atoms with Crippen LogP contribution < -0.4 is 0 Å². The number of aromatic amines is 1. The molecule has 0 saturated heterocycles. The van der Waals surface area contributed by atoms with Crippen LogP contribution in [-0.4, -0.2) is 15.1 Å². The molecule has 0 aliphatic heterocycles. The van der Waals surface area contributed by atoms with Gasteiger partial charge in [-0.15, -0.1) is 0 Å². The lowest BCUT2D eigenvalue weighted by Crippen LogP contribution is -1.84. The quantitative estimate of drug-likeness (QED) is 0.516. The van der Waals surface area contributed by atoms with E-state index < -0.39 is 0 Å². The molecule has 6 heteroatoms. The highest BCUT2D eigenvalue weighted by Gasteiger charge is 2.21. The van der Waals surface area contributed by atoms with Crippen molar-refractivity contribution in [3.05, 3.63) is 59.1 Å². The first kappa shape index (κ1) is 15.3. The minimum atomic E-state index is 0.728. The Labute approximate surface area is 148 Å². The van der Waals surface area contributed by atoms with E-state index in [1.165, 1.54) is 0 Å². The van der Waals surface area contributed by atoms with Gasteiger partial charge in [0.25, 0.3) is 0 Å². The molecular weight excluding hydrogens is 342 g/mol. The Morgan fingerprint density at radius 2 is 1.92 bits per heavy atom. The summed E-state index contributed by atoms with van der Waals surface area (Å²) in [4.78, 5) is 10.1. The van der Waals surface area contributed by atoms with E-state index in [2.05, 4.69) is 21.2 Å². The zero-order valence-corrected chi connectivity index (χ0v) is 14.7. The predicted octanol–water partition coefficient (Wildman–Crippen LogP) is 5.64. The van der Waals surface area contributed by atoms with E-state index in [4.69, 9.17) is 16.1 Å². The first-order chi connectivity index (χ1) is 11.6. The molecule has 0 radical (unpaired) electrons. The van der Waals surface area contributed by atoms with Crippen LogP contribution in [0, 0.1) is 13.8 Å². The maximum absolute atomic E-state index is 6.00. The average molecular weight is 356 g/mol. The number of hydrogen-bond donors (Lipinski definition) is 1. The molecule has 0 aliphatic carbocycles. The van der Waals surface area contributed by atoms with Gasteiger partial charge in [-0.05, 0) is 50.2 Å². The van der Waals surface area contributed by atoms with E-state index in [0.29, 0.717) is 0 Å². The first-order valence-corrected chi connectivity index (χ1v) is 8.66. The second-order valence-corrected chi connectivity index (χ2v) is 7.00. The predicted molar refractivity (Wildman–Crippen MR) is 96.6 cm³/mol. The fraction of sp³-hybridized carbons (Fsp3) is 0.111. The Balaban J connectivity index is 1.92. The third-order valence-electron chi connectivity index (χ3n) is 3.84. The van der Waals surface area contributed by atoms with Crippen LogP contribution in [0.2, 0.25) is 5.02 Å². The summed E-state index contributed by atoms with van der Waals surface area (Å²) in [6, 6.07) is 11.8. The fourth-order valence-corrected chi connectivity index (χ4v) is 3.90. The molecule has 0 bridgehead atoms. The number of benzene rings is 1. The number of aromatic nitrogens is 3. The summed E-state index contributed by atoms with van der Waals surface area (Å²) in [6.45, 7) is 3.87. The van der Waals surface area contributed by atoms with Crippen molar-refractivity contribution in [2.24, 2.45) is 0 Å². The highest BCUT2D eigenvalue weighted by Crippen LogP contribution is 2.42. The number of rotatable bonds is 3. The molecule has 4 rings (SSSR count). The topological polar surface area (TPSA) is 54.7 Å². The summed E-state index contributed by atoms with van der Waals surface area (Å²) in [7, 11) is 0. The van der Waals surface area contributed by atoms with E-state index in [9.17, 15) is 0 Å². The molecule has 0 unspecified atom stereocenters.